The molecule has 0 radical (unpaired) electrons. The van der Waals surface area contributed by atoms with Crippen LogP contribution in [0.3, 0.4) is 0 Å². The van der Waals surface area contributed by atoms with E-state index in [1.165, 1.54) is 25.7 Å². The second kappa shape index (κ2) is 15.5. The summed E-state index contributed by atoms with van der Waals surface area (Å²) in [4.78, 5) is 15.5. The number of furan rings is 1. The van der Waals surface area contributed by atoms with Crippen LogP contribution in [0.1, 0.15) is 28.8 Å². The highest BCUT2D eigenvalue weighted by Gasteiger charge is 2.18. The van der Waals surface area contributed by atoms with E-state index >= 15 is 0 Å². The van der Waals surface area contributed by atoms with E-state index in [0.29, 0.717) is 28.9 Å². The lowest BCUT2D eigenvalue weighted by Gasteiger charge is -2.10. The van der Waals surface area contributed by atoms with Crippen molar-refractivity contribution >= 4 is 91.8 Å². The molecule has 0 aliphatic carbocycles. The highest BCUT2D eigenvalue weighted by Crippen LogP contribution is 2.40. The lowest BCUT2D eigenvalue weighted by molar-refractivity contribution is 0.669. The standard InChI is InChI=1S/C29H23N3S.C21H14N2OS/c1-4-6-11-20(5-2)27-30-28(21-12-8-7-9-13-21)32-29(31-27)22-14-10-15-25-26(22)23-18-19(3)16-17-24(23)33-25;22-19(21-20(23)15-6-2-4-8-18(15)25-21)12-9-10-14-13-5-1-3-7-16(13)24-17(14)11-12/h4-18H,1H2,2-3H3;1-11,22H,23H2/b11-6-,20-5+;. The quantitative estimate of drug-likeness (QED) is 0.124. The molecular formula is C50H37N5OS2. The predicted octanol–water partition coefficient (Wildman–Crippen LogP) is 13.8. The summed E-state index contributed by atoms with van der Waals surface area (Å²) >= 11 is 3.36. The van der Waals surface area contributed by atoms with Gasteiger partial charge in [-0.1, -0.05) is 127 Å². The highest BCUT2D eigenvalue weighted by atomic mass is 32.1. The van der Waals surface area contributed by atoms with Gasteiger partial charge in [-0.25, -0.2) is 15.0 Å². The molecule has 8 heteroatoms. The van der Waals surface area contributed by atoms with E-state index in [-0.39, 0.29) is 0 Å². The summed E-state index contributed by atoms with van der Waals surface area (Å²) in [7, 11) is 0. The number of para-hydroxylation sites is 1. The van der Waals surface area contributed by atoms with Gasteiger partial charge in [0.25, 0.3) is 0 Å². The molecule has 0 amide bonds. The Labute approximate surface area is 343 Å². The fraction of sp³-hybridized carbons (Fsp3) is 0.0400. The molecule has 10 aromatic rings. The molecule has 4 heterocycles. The van der Waals surface area contributed by atoms with Crippen molar-refractivity contribution in [2.24, 2.45) is 0 Å². The summed E-state index contributed by atoms with van der Waals surface area (Å²) in [6.45, 7) is 7.91. The molecule has 10 rings (SSSR count). The summed E-state index contributed by atoms with van der Waals surface area (Å²) < 4.78 is 9.54. The molecule has 0 unspecified atom stereocenters. The van der Waals surface area contributed by atoms with Crippen molar-refractivity contribution in [3.05, 3.63) is 186 Å². The van der Waals surface area contributed by atoms with Crippen LogP contribution in [0, 0.1) is 12.3 Å². The number of nitrogens with two attached hydrogens (primary N) is 1. The number of rotatable bonds is 7. The Morgan fingerprint density at radius 2 is 1.41 bits per heavy atom. The maximum Gasteiger partial charge on any atom is 0.164 e. The SMILES string of the molecule is C=C/C=C\C(=C/C)c1nc(-c2ccccc2)nc(-c2cccc3sc4ccc(C)cc4c23)n1.N=C(c1ccc2c(c1)oc1ccccc12)c1sc2ccccc2c1N. The maximum absolute atomic E-state index is 8.64. The normalized spacial score (nSPS) is 11.9. The number of nitrogens with one attached hydrogen (secondary N) is 1. The van der Waals surface area contributed by atoms with Gasteiger partial charge in [0.2, 0.25) is 0 Å². The molecule has 6 aromatic carbocycles. The number of aryl methyl sites for hydroxylation is 1. The molecule has 0 atom stereocenters. The summed E-state index contributed by atoms with van der Waals surface area (Å²) in [5, 5.41) is 14.3. The van der Waals surface area contributed by atoms with Gasteiger partial charge >= 0.3 is 0 Å². The van der Waals surface area contributed by atoms with Gasteiger partial charge in [0.15, 0.2) is 17.5 Å². The van der Waals surface area contributed by atoms with Crippen molar-refractivity contribution < 1.29 is 4.42 Å². The first kappa shape index (κ1) is 36.6. The van der Waals surface area contributed by atoms with Crippen LogP contribution in [0.15, 0.2) is 169 Å². The van der Waals surface area contributed by atoms with Gasteiger partial charge in [-0.05, 0) is 56.3 Å². The van der Waals surface area contributed by atoms with Crippen molar-refractivity contribution in [2.45, 2.75) is 13.8 Å². The van der Waals surface area contributed by atoms with E-state index in [1.54, 1.807) is 28.7 Å². The number of hydrogen-bond acceptors (Lipinski definition) is 8. The third-order valence-electron chi connectivity index (χ3n) is 10.1. The molecule has 58 heavy (non-hydrogen) atoms. The minimum atomic E-state index is 0.432. The van der Waals surface area contributed by atoms with Crippen molar-refractivity contribution in [1.29, 1.82) is 5.41 Å². The number of hydrogen-bond donors (Lipinski definition) is 2. The molecule has 0 saturated carbocycles. The summed E-state index contributed by atoms with van der Waals surface area (Å²) in [6, 6.07) is 44.9. The van der Waals surface area contributed by atoms with Gasteiger partial charge in [-0.3, -0.25) is 5.41 Å². The van der Waals surface area contributed by atoms with E-state index in [9.17, 15) is 0 Å². The fourth-order valence-corrected chi connectivity index (χ4v) is 9.41. The molecule has 0 aliphatic heterocycles. The van der Waals surface area contributed by atoms with Crippen molar-refractivity contribution in [3.63, 3.8) is 0 Å². The Balaban J connectivity index is 0.000000156. The van der Waals surface area contributed by atoms with Crippen LogP contribution in [-0.2, 0) is 0 Å². The van der Waals surface area contributed by atoms with Gasteiger partial charge in [0.05, 0.1) is 16.3 Å². The van der Waals surface area contributed by atoms with Crippen LogP contribution < -0.4 is 5.73 Å². The molecule has 0 spiro atoms. The van der Waals surface area contributed by atoms with Gasteiger partial charge in [-0.2, -0.15) is 0 Å². The second-order valence-electron chi connectivity index (χ2n) is 13.8. The van der Waals surface area contributed by atoms with Crippen LogP contribution in [0.4, 0.5) is 5.69 Å². The first-order valence-electron chi connectivity index (χ1n) is 18.9. The van der Waals surface area contributed by atoms with E-state index < -0.39 is 0 Å². The molecule has 280 valence electrons. The number of nitrogens with zero attached hydrogens (tertiary/aromatic N) is 3. The lowest BCUT2D eigenvalue weighted by Crippen LogP contribution is -2.02. The summed E-state index contributed by atoms with van der Waals surface area (Å²) in [5.41, 5.74) is 14.0. The molecule has 0 bridgehead atoms. The van der Waals surface area contributed by atoms with E-state index in [2.05, 4.69) is 56.0 Å². The predicted molar refractivity (Wildman–Crippen MR) is 247 cm³/mol. The number of aromatic nitrogens is 3. The van der Waals surface area contributed by atoms with E-state index in [1.807, 2.05) is 116 Å². The molecule has 0 fully saturated rings. The molecule has 3 N–H and O–H groups in total. The Morgan fingerprint density at radius 3 is 2.22 bits per heavy atom. The molecule has 4 aromatic heterocycles. The van der Waals surface area contributed by atoms with E-state index in [4.69, 9.17) is 30.5 Å². The molecule has 6 nitrogen and oxygen atoms in total. The smallest absolute Gasteiger partial charge is 0.164 e. The monoisotopic (exact) mass is 787 g/mol. The Hall–Kier alpha value is -7.00. The Bertz CT molecular complexity index is 3260. The molecule has 0 saturated heterocycles. The van der Waals surface area contributed by atoms with Crippen LogP contribution in [0.2, 0.25) is 0 Å². The average Bonchev–Trinajstić information content (AvgIpc) is 3.94. The molecule has 0 aliphatic rings. The summed E-state index contributed by atoms with van der Waals surface area (Å²) in [6.07, 6.45) is 7.64. The molecular weight excluding hydrogens is 751 g/mol. The number of nitrogen functional groups attached to an aromatic ring is 1. The fourth-order valence-electron chi connectivity index (χ4n) is 7.20. The van der Waals surface area contributed by atoms with Crippen molar-refractivity contribution in [2.75, 3.05) is 5.73 Å². The van der Waals surface area contributed by atoms with Gasteiger partial charge in [0, 0.05) is 63.3 Å². The van der Waals surface area contributed by atoms with Crippen LogP contribution >= 0.6 is 22.7 Å². The van der Waals surface area contributed by atoms with Crippen molar-refractivity contribution in [3.8, 4) is 22.8 Å². The number of benzene rings is 6. The van der Waals surface area contributed by atoms with Crippen LogP contribution in [-0.4, -0.2) is 20.7 Å². The topological polar surface area (TPSA) is 102 Å². The lowest BCUT2D eigenvalue weighted by atomic mass is 10.0. The van der Waals surface area contributed by atoms with Crippen molar-refractivity contribution in [1.82, 2.24) is 15.0 Å². The van der Waals surface area contributed by atoms with Crippen LogP contribution in [0.25, 0.3) is 80.5 Å². The van der Waals surface area contributed by atoms with Crippen LogP contribution in [0.5, 0.6) is 0 Å². The number of allylic oxidation sites excluding steroid dienone is 5. The third-order valence-corrected chi connectivity index (χ3v) is 12.4. The van der Waals surface area contributed by atoms with Gasteiger partial charge < -0.3 is 10.2 Å². The zero-order valence-electron chi connectivity index (χ0n) is 31.9. The Kier molecular flexibility index (Phi) is 9.79. The number of thiophene rings is 2. The number of anilines is 1. The first-order valence-corrected chi connectivity index (χ1v) is 20.5. The zero-order valence-corrected chi connectivity index (χ0v) is 33.5. The minimum absolute atomic E-state index is 0.432. The second-order valence-corrected chi connectivity index (χ2v) is 16.0. The van der Waals surface area contributed by atoms with E-state index in [0.717, 1.165) is 59.2 Å². The third kappa shape index (κ3) is 6.78. The zero-order chi connectivity index (χ0) is 39.8. The van der Waals surface area contributed by atoms with Gasteiger partial charge in [-0.15, -0.1) is 22.7 Å². The average molecular weight is 788 g/mol. The Morgan fingerprint density at radius 1 is 0.690 bits per heavy atom. The first-order chi connectivity index (χ1) is 28.4. The largest absolute Gasteiger partial charge is 0.456 e. The van der Waals surface area contributed by atoms with Gasteiger partial charge in [0.1, 0.15) is 11.2 Å². The number of fused-ring (bicyclic) bond motifs is 7. The maximum atomic E-state index is 8.64. The highest BCUT2D eigenvalue weighted by molar-refractivity contribution is 7.26. The summed E-state index contributed by atoms with van der Waals surface area (Å²) in [5.74, 6) is 1.99. The minimum Gasteiger partial charge on any atom is -0.456 e.